The van der Waals surface area contributed by atoms with Crippen LogP contribution in [0.3, 0.4) is 0 Å². The van der Waals surface area contributed by atoms with Crippen LogP contribution >= 0.6 is 11.3 Å². The lowest BCUT2D eigenvalue weighted by Crippen LogP contribution is -2.36. The Labute approximate surface area is 143 Å². The van der Waals surface area contributed by atoms with E-state index in [2.05, 4.69) is 15.5 Å². The topological polar surface area (TPSA) is 73.0 Å². The van der Waals surface area contributed by atoms with E-state index in [0.717, 1.165) is 35.0 Å². The highest BCUT2D eigenvalue weighted by Gasteiger charge is 2.53. The fraction of sp³-hybridized carbons (Fsp3) is 0.353. The minimum absolute atomic E-state index is 0.0336. The number of rotatable bonds is 6. The third-order valence-corrected chi connectivity index (χ3v) is 5.40. The summed E-state index contributed by atoms with van der Waals surface area (Å²) in [6.45, 7) is 3.24. The molecule has 0 bridgehead atoms. The molecule has 3 aromatic rings. The molecule has 1 saturated carbocycles. The van der Waals surface area contributed by atoms with E-state index in [-0.39, 0.29) is 5.91 Å². The highest BCUT2D eigenvalue weighted by molar-refractivity contribution is 7.13. The molecule has 0 saturated heterocycles. The first kappa shape index (κ1) is 15.1. The predicted octanol–water partition coefficient (Wildman–Crippen LogP) is 2.76. The second kappa shape index (κ2) is 5.90. The minimum Gasteiger partial charge on any atom is -0.355 e. The number of nitrogens with one attached hydrogen (secondary N) is 1. The Morgan fingerprint density at radius 3 is 3.04 bits per heavy atom. The molecular weight excluding hydrogens is 324 g/mol. The molecule has 24 heavy (non-hydrogen) atoms. The van der Waals surface area contributed by atoms with Crippen molar-refractivity contribution in [3.63, 3.8) is 0 Å². The Hall–Kier alpha value is -2.41. The Bertz CT molecular complexity index is 846. The largest absolute Gasteiger partial charge is 0.355 e. The van der Waals surface area contributed by atoms with E-state index in [1.54, 1.807) is 17.5 Å². The zero-order valence-electron chi connectivity index (χ0n) is 13.4. The van der Waals surface area contributed by atoms with Gasteiger partial charge in [0.2, 0.25) is 5.91 Å². The number of hydrogen-bond donors (Lipinski definition) is 1. The fourth-order valence-electron chi connectivity index (χ4n) is 2.86. The molecule has 0 aromatic carbocycles. The maximum absolute atomic E-state index is 12.6. The predicted molar refractivity (Wildman–Crippen MR) is 90.7 cm³/mol. The molecule has 0 aliphatic heterocycles. The molecular formula is C17H18N4O2S. The van der Waals surface area contributed by atoms with Crippen molar-refractivity contribution >= 4 is 17.2 Å². The quantitative estimate of drug-likeness (QED) is 0.747. The number of thiophene rings is 1. The second-order valence-electron chi connectivity index (χ2n) is 6.06. The summed E-state index contributed by atoms with van der Waals surface area (Å²) in [4.78, 5) is 17.8. The van der Waals surface area contributed by atoms with E-state index in [1.807, 2.05) is 41.3 Å². The number of aromatic nitrogens is 3. The molecule has 4 rings (SSSR count). The van der Waals surface area contributed by atoms with E-state index < -0.39 is 5.41 Å². The molecule has 1 fully saturated rings. The van der Waals surface area contributed by atoms with Gasteiger partial charge in [0.1, 0.15) is 5.82 Å². The molecule has 124 valence electrons. The zero-order chi connectivity index (χ0) is 16.6. The maximum Gasteiger partial charge on any atom is 0.232 e. The van der Waals surface area contributed by atoms with Gasteiger partial charge in [0.15, 0.2) is 5.76 Å². The van der Waals surface area contributed by atoms with Crippen LogP contribution in [0.2, 0.25) is 0 Å². The number of hydrogen-bond acceptors (Lipinski definition) is 5. The van der Waals surface area contributed by atoms with E-state index in [0.29, 0.717) is 13.1 Å². The van der Waals surface area contributed by atoms with Gasteiger partial charge in [-0.05, 0) is 31.2 Å². The molecule has 6 nitrogen and oxygen atoms in total. The van der Waals surface area contributed by atoms with Gasteiger partial charge in [-0.15, -0.1) is 11.3 Å². The van der Waals surface area contributed by atoms with Crippen LogP contribution in [-0.4, -0.2) is 27.2 Å². The molecule has 0 radical (unpaired) electrons. The fourth-order valence-corrected chi connectivity index (χ4v) is 3.53. The van der Waals surface area contributed by atoms with Crippen LogP contribution in [0, 0.1) is 6.92 Å². The van der Waals surface area contributed by atoms with Crippen LogP contribution in [0.15, 0.2) is 40.5 Å². The second-order valence-corrected chi connectivity index (χ2v) is 7.01. The first-order valence-corrected chi connectivity index (χ1v) is 8.84. The van der Waals surface area contributed by atoms with Gasteiger partial charge >= 0.3 is 0 Å². The van der Waals surface area contributed by atoms with Crippen molar-refractivity contribution in [2.45, 2.75) is 31.7 Å². The third-order valence-electron chi connectivity index (χ3n) is 4.51. The van der Waals surface area contributed by atoms with Crippen LogP contribution in [-0.2, 0) is 16.8 Å². The molecule has 1 N–H and O–H groups in total. The monoisotopic (exact) mass is 342 g/mol. The Morgan fingerprint density at radius 2 is 2.38 bits per heavy atom. The van der Waals surface area contributed by atoms with Crippen molar-refractivity contribution in [1.82, 2.24) is 20.0 Å². The van der Waals surface area contributed by atoms with Gasteiger partial charge in [-0.1, -0.05) is 11.2 Å². The standard InChI is InChI=1S/C17H18N4O2S/c1-12-18-6-8-21(12)9-7-19-16(22)17(4-5-17)15-11-13(23-20-15)14-3-2-10-24-14/h2-3,6,8,10-11H,4-5,7,9H2,1H3,(H,19,22). The first-order valence-electron chi connectivity index (χ1n) is 7.96. The molecule has 7 heteroatoms. The Balaban J connectivity index is 1.41. The van der Waals surface area contributed by atoms with Crippen molar-refractivity contribution in [3.8, 4) is 10.6 Å². The molecule has 1 aliphatic rings. The van der Waals surface area contributed by atoms with E-state index in [9.17, 15) is 4.79 Å². The van der Waals surface area contributed by atoms with Crippen molar-refractivity contribution in [1.29, 1.82) is 0 Å². The van der Waals surface area contributed by atoms with Gasteiger partial charge in [0.05, 0.1) is 16.0 Å². The number of imidazole rings is 1. The van der Waals surface area contributed by atoms with Crippen LogP contribution in [0.4, 0.5) is 0 Å². The van der Waals surface area contributed by atoms with E-state index in [4.69, 9.17) is 4.52 Å². The Morgan fingerprint density at radius 1 is 1.50 bits per heavy atom. The summed E-state index contributed by atoms with van der Waals surface area (Å²) in [7, 11) is 0. The molecule has 3 heterocycles. The SMILES string of the molecule is Cc1nccn1CCNC(=O)C1(c2cc(-c3cccs3)on2)CC1. The maximum atomic E-state index is 12.6. The molecule has 1 aliphatic carbocycles. The minimum atomic E-state index is -0.511. The highest BCUT2D eigenvalue weighted by atomic mass is 32.1. The van der Waals surface area contributed by atoms with Crippen molar-refractivity contribution < 1.29 is 9.32 Å². The normalized spacial score (nSPS) is 15.4. The highest BCUT2D eigenvalue weighted by Crippen LogP contribution is 2.48. The first-order chi connectivity index (χ1) is 11.7. The summed E-state index contributed by atoms with van der Waals surface area (Å²) in [6, 6.07) is 5.86. The molecule has 0 atom stereocenters. The van der Waals surface area contributed by atoms with Gasteiger partial charge in [0.25, 0.3) is 0 Å². The van der Waals surface area contributed by atoms with Crippen LogP contribution < -0.4 is 5.32 Å². The lowest BCUT2D eigenvalue weighted by Gasteiger charge is -2.13. The molecule has 1 amide bonds. The van der Waals surface area contributed by atoms with E-state index in [1.165, 1.54) is 0 Å². The summed E-state index contributed by atoms with van der Waals surface area (Å²) in [6.07, 6.45) is 5.32. The zero-order valence-corrected chi connectivity index (χ0v) is 14.2. The summed E-state index contributed by atoms with van der Waals surface area (Å²) >= 11 is 1.60. The Kier molecular flexibility index (Phi) is 3.72. The average molecular weight is 342 g/mol. The van der Waals surface area contributed by atoms with Crippen LogP contribution in [0.5, 0.6) is 0 Å². The number of nitrogens with zero attached hydrogens (tertiary/aromatic N) is 3. The van der Waals surface area contributed by atoms with Gasteiger partial charge in [-0.25, -0.2) is 4.98 Å². The lowest BCUT2D eigenvalue weighted by molar-refractivity contribution is -0.123. The van der Waals surface area contributed by atoms with Gasteiger partial charge < -0.3 is 14.4 Å². The van der Waals surface area contributed by atoms with Gasteiger partial charge in [-0.3, -0.25) is 4.79 Å². The summed E-state index contributed by atoms with van der Waals surface area (Å²) in [5, 5.41) is 9.18. The molecule has 0 spiro atoms. The molecule has 3 aromatic heterocycles. The van der Waals surface area contributed by atoms with Crippen molar-refractivity contribution in [2.24, 2.45) is 0 Å². The van der Waals surface area contributed by atoms with Gasteiger partial charge in [0, 0.05) is 31.5 Å². The third kappa shape index (κ3) is 2.65. The number of amides is 1. The smallest absolute Gasteiger partial charge is 0.232 e. The van der Waals surface area contributed by atoms with Crippen LogP contribution in [0.1, 0.15) is 24.4 Å². The average Bonchev–Trinajstić information content (AvgIpc) is 3.01. The summed E-state index contributed by atoms with van der Waals surface area (Å²) in [5.74, 6) is 1.71. The number of carbonyl (C=O) groups excluding carboxylic acids is 1. The van der Waals surface area contributed by atoms with Crippen molar-refractivity contribution in [2.75, 3.05) is 6.54 Å². The summed E-state index contributed by atoms with van der Waals surface area (Å²) < 4.78 is 7.45. The number of carbonyl (C=O) groups is 1. The van der Waals surface area contributed by atoms with Crippen molar-refractivity contribution in [3.05, 3.63) is 47.5 Å². The van der Waals surface area contributed by atoms with Gasteiger partial charge in [-0.2, -0.15) is 0 Å². The summed E-state index contributed by atoms with van der Waals surface area (Å²) in [5.41, 5.74) is 0.227. The lowest BCUT2D eigenvalue weighted by atomic mass is 10.0. The number of aryl methyl sites for hydroxylation is 1. The van der Waals surface area contributed by atoms with E-state index >= 15 is 0 Å². The molecule has 0 unspecified atom stereocenters. The van der Waals surface area contributed by atoms with Crippen LogP contribution in [0.25, 0.3) is 10.6 Å².